The van der Waals surface area contributed by atoms with Crippen LogP contribution in [0, 0.1) is 20.2 Å². The number of hydrogen-bond donors (Lipinski definition) is 2. The van der Waals surface area contributed by atoms with E-state index in [9.17, 15) is 34.6 Å². The number of carbonyl (C=O) groups is 3. The minimum Gasteiger partial charge on any atom is -0.466 e. The minimum absolute atomic E-state index is 0.000662. The fraction of sp³-hybridized carbons (Fsp3) is 0.441. The number of carbonyl (C=O) groups excluding carboxylic acids is 3. The third-order valence-corrected chi connectivity index (χ3v) is 8.27. The van der Waals surface area contributed by atoms with E-state index in [1.807, 2.05) is 55.5 Å². The number of nitrogens with zero attached hydrogens (tertiary/aromatic N) is 7. The number of amides is 1. The van der Waals surface area contributed by atoms with Crippen LogP contribution in [0.1, 0.15) is 73.7 Å². The Balaban J connectivity index is 1.50. The number of hydrogen-bond acceptors (Lipinski definition) is 15. The van der Waals surface area contributed by atoms with Crippen molar-refractivity contribution < 1.29 is 43.7 Å². The molecule has 55 heavy (non-hydrogen) atoms. The van der Waals surface area contributed by atoms with E-state index in [1.54, 1.807) is 4.57 Å². The van der Waals surface area contributed by atoms with Gasteiger partial charge in [0.05, 0.1) is 32.3 Å². The summed E-state index contributed by atoms with van der Waals surface area (Å²) in [7, 11) is 0. The second-order valence-corrected chi connectivity index (χ2v) is 12.4. The first-order chi connectivity index (χ1) is 26.5. The number of tetrazole rings is 1. The molecule has 0 radical (unpaired) electrons. The van der Waals surface area contributed by atoms with Crippen LogP contribution in [0.3, 0.4) is 0 Å². The largest absolute Gasteiger partial charge is 0.466 e. The summed E-state index contributed by atoms with van der Waals surface area (Å²) < 4.78 is 12.2. The third-order valence-electron chi connectivity index (χ3n) is 8.01. The molecule has 2 aromatic heterocycles. The molecule has 2 heterocycles. The van der Waals surface area contributed by atoms with Crippen molar-refractivity contribution in [2.24, 2.45) is 0 Å². The van der Waals surface area contributed by atoms with Gasteiger partial charge in [-0.3, -0.25) is 14.4 Å². The molecule has 294 valence electrons. The molecule has 1 unspecified atom stereocenters. The Morgan fingerprint density at radius 2 is 1.60 bits per heavy atom. The molecular formula is C34H40ClN9O11. The third kappa shape index (κ3) is 13.3. The van der Waals surface area contributed by atoms with E-state index < -0.39 is 47.1 Å². The Morgan fingerprint density at radius 1 is 0.909 bits per heavy atom. The van der Waals surface area contributed by atoms with Crippen LogP contribution in [0.25, 0.3) is 22.5 Å². The number of unbranched alkanes of at least 4 members (excludes halogenated alkanes) is 2. The molecule has 0 saturated heterocycles. The Labute approximate surface area is 319 Å². The molecule has 2 aromatic carbocycles. The topological polar surface area (TPSA) is 259 Å². The van der Waals surface area contributed by atoms with Crippen molar-refractivity contribution in [3.05, 3.63) is 91.0 Å². The number of imidazole rings is 1. The van der Waals surface area contributed by atoms with Crippen molar-refractivity contribution >= 4 is 29.4 Å². The normalized spacial score (nSPS) is 11.4. The van der Waals surface area contributed by atoms with E-state index in [4.69, 9.17) is 21.1 Å². The van der Waals surface area contributed by atoms with Crippen LogP contribution in [0.2, 0.25) is 5.15 Å². The number of nitrogens with one attached hydrogen (secondary N) is 2. The highest BCUT2D eigenvalue weighted by molar-refractivity contribution is 6.32. The lowest BCUT2D eigenvalue weighted by atomic mass is 9.98. The van der Waals surface area contributed by atoms with Gasteiger partial charge in [0.1, 0.15) is 18.1 Å². The van der Waals surface area contributed by atoms with Crippen LogP contribution in [-0.4, -0.2) is 90.7 Å². The summed E-state index contributed by atoms with van der Waals surface area (Å²) in [6.07, 6.45) is 2.07. The number of esters is 2. The van der Waals surface area contributed by atoms with Crippen LogP contribution in [0.15, 0.2) is 48.5 Å². The van der Waals surface area contributed by atoms with E-state index in [0.717, 1.165) is 35.1 Å². The van der Waals surface area contributed by atoms with Crippen molar-refractivity contribution in [2.45, 2.75) is 70.9 Å². The van der Waals surface area contributed by atoms with E-state index >= 15 is 0 Å². The van der Waals surface area contributed by atoms with Crippen LogP contribution in [-0.2, 0) is 41.7 Å². The maximum atomic E-state index is 13.9. The molecule has 0 bridgehead atoms. The minimum atomic E-state index is -1.08. The van der Waals surface area contributed by atoms with Gasteiger partial charge >= 0.3 is 11.9 Å². The van der Waals surface area contributed by atoms with Gasteiger partial charge in [0.15, 0.2) is 5.15 Å². The highest BCUT2D eigenvalue weighted by atomic mass is 35.5. The molecule has 1 atom stereocenters. The summed E-state index contributed by atoms with van der Waals surface area (Å²) in [6.45, 7) is 1.25. The van der Waals surface area contributed by atoms with E-state index in [0.29, 0.717) is 18.1 Å². The van der Waals surface area contributed by atoms with Crippen molar-refractivity contribution in [1.82, 2.24) is 35.5 Å². The van der Waals surface area contributed by atoms with Gasteiger partial charge in [0, 0.05) is 24.9 Å². The summed E-state index contributed by atoms with van der Waals surface area (Å²) in [4.78, 5) is 72.7. The Bertz CT molecular complexity index is 1890. The summed E-state index contributed by atoms with van der Waals surface area (Å²) in [6, 6.07) is 14.3. The number of halogens is 1. The molecule has 0 aliphatic heterocycles. The maximum absolute atomic E-state index is 13.9. The molecule has 0 saturated carbocycles. The molecule has 4 rings (SSSR count). The first kappa shape index (κ1) is 41.6. The maximum Gasteiger partial charge on any atom is 0.308 e. The lowest BCUT2D eigenvalue weighted by molar-refractivity contribution is -0.757. The zero-order valence-corrected chi connectivity index (χ0v) is 30.6. The Morgan fingerprint density at radius 3 is 2.27 bits per heavy atom. The number of aromatic amines is 1. The van der Waals surface area contributed by atoms with Gasteiger partial charge in [-0.1, -0.05) is 73.5 Å². The summed E-state index contributed by atoms with van der Waals surface area (Å²) in [5, 5.41) is 35.8. The smallest absolute Gasteiger partial charge is 0.308 e. The van der Waals surface area contributed by atoms with Crippen LogP contribution in [0.4, 0.5) is 0 Å². The molecule has 0 aliphatic carbocycles. The van der Waals surface area contributed by atoms with Gasteiger partial charge in [-0.05, 0) is 47.6 Å². The zero-order chi connectivity index (χ0) is 39.6. The quantitative estimate of drug-likeness (QED) is 0.0434. The first-order valence-electron chi connectivity index (χ1n) is 17.4. The summed E-state index contributed by atoms with van der Waals surface area (Å²) in [5.74, 6) is -1.13. The van der Waals surface area contributed by atoms with E-state index in [-0.39, 0.29) is 62.9 Å². The van der Waals surface area contributed by atoms with Gasteiger partial charge in [-0.15, -0.1) is 30.4 Å². The number of ether oxygens (including phenoxy) is 2. The second-order valence-electron chi connectivity index (χ2n) is 12.0. The molecule has 21 heteroatoms. The molecule has 2 N–H and O–H groups in total. The fourth-order valence-electron chi connectivity index (χ4n) is 5.37. The molecule has 0 spiro atoms. The fourth-order valence-corrected chi connectivity index (χ4v) is 5.66. The van der Waals surface area contributed by atoms with Gasteiger partial charge in [0.2, 0.25) is 5.82 Å². The monoisotopic (exact) mass is 785 g/mol. The van der Waals surface area contributed by atoms with E-state index in [1.165, 1.54) is 0 Å². The molecule has 20 nitrogen and oxygen atoms in total. The molecule has 0 aliphatic rings. The lowest BCUT2D eigenvalue weighted by Crippen LogP contribution is -2.41. The zero-order valence-electron chi connectivity index (χ0n) is 29.9. The number of aryl methyl sites for hydroxylation is 1. The van der Waals surface area contributed by atoms with Crippen molar-refractivity contribution in [3.8, 4) is 22.5 Å². The predicted octanol–water partition coefficient (Wildman–Crippen LogP) is 4.33. The average molecular weight is 786 g/mol. The number of benzene rings is 2. The summed E-state index contributed by atoms with van der Waals surface area (Å²) >= 11 is 6.60. The van der Waals surface area contributed by atoms with Crippen molar-refractivity contribution in [1.29, 1.82) is 0 Å². The highest BCUT2D eigenvalue weighted by Crippen LogP contribution is 2.30. The van der Waals surface area contributed by atoms with E-state index in [2.05, 4.69) is 40.6 Å². The van der Waals surface area contributed by atoms with Gasteiger partial charge in [-0.2, -0.15) is 5.21 Å². The van der Waals surface area contributed by atoms with Crippen LogP contribution < -0.4 is 5.32 Å². The van der Waals surface area contributed by atoms with Crippen LogP contribution in [0.5, 0.6) is 0 Å². The highest BCUT2D eigenvalue weighted by Gasteiger charge is 2.27. The van der Waals surface area contributed by atoms with Crippen molar-refractivity contribution in [3.63, 3.8) is 0 Å². The van der Waals surface area contributed by atoms with Gasteiger partial charge < -0.3 is 29.0 Å². The molecule has 0 fully saturated rings. The van der Waals surface area contributed by atoms with Gasteiger partial charge in [0.25, 0.3) is 16.1 Å². The number of rotatable bonds is 24. The standard InChI is InChI=1S/C34H40ClN9O11/c1-2-3-11-28-37-32(35)31(42(28)21-23-13-15-24(16-14-23)26-9-4-5-10-27(26)33-38-40-41-39-33)34(47)36-25(22-53-29(45)12-8-19-55-44(50)51)20-30(46)52-17-6-7-18-54-43(48)49/h4-5,9-10,13-16,25H,2-3,6-8,11-12,17-22H2,1H3,(H,36,47)(H,38,39,40,41). The van der Waals surface area contributed by atoms with Crippen LogP contribution >= 0.6 is 11.6 Å². The molecular weight excluding hydrogens is 746 g/mol. The predicted molar refractivity (Wildman–Crippen MR) is 192 cm³/mol. The lowest BCUT2D eigenvalue weighted by Gasteiger charge is -2.19. The first-order valence-corrected chi connectivity index (χ1v) is 17.8. The number of H-pyrrole nitrogens is 1. The summed E-state index contributed by atoms with van der Waals surface area (Å²) in [5.41, 5.74) is 3.45. The number of aromatic nitrogens is 6. The molecule has 4 aromatic rings. The average Bonchev–Trinajstić information content (AvgIpc) is 3.81. The Kier molecular flexibility index (Phi) is 16.3. The SMILES string of the molecule is CCCCc1nc(Cl)c(C(=O)NC(COC(=O)CCCO[N+](=O)[O-])CC(=O)OCCCCO[N+](=O)[O-])n1Cc1ccc(-c2ccccc2-c2nn[nH]n2)cc1. The molecule has 1 amide bonds. The van der Waals surface area contributed by atoms with Crippen molar-refractivity contribution in [2.75, 3.05) is 26.4 Å². The van der Waals surface area contributed by atoms with Gasteiger partial charge in [-0.25, -0.2) is 4.98 Å². The Hall–Kier alpha value is -6.18. The second kappa shape index (κ2) is 21.5.